The number of aromatic nitrogens is 5. The summed E-state index contributed by atoms with van der Waals surface area (Å²) in [6.45, 7) is 0.990. The normalized spacial score (nSPS) is 13.6. The molecular formula is C23H20F3N9O2. The highest BCUT2D eigenvalue weighted by molar-refractivity contribution is 5.94. The van der Waals surface area contributed by atoms with Crippen molar-refractivity contribution in [2.24, 2.45) is 5.10 Å². The third kappa shape index (κ3) is 4.98. The number of rotatable bonds is 6. The third-order valence-corrected chi connectivity index (χ3v) is 5.84. The number of amides is 1. The van der Waals surface area contributed by atoms with Crippen molar-refractivity contribution in [3.63, 3.8) is 0 Å². The van der Waals surface area contributed by atoms with Crippen molar-refractivity contribution in [2.45, 2.75) is 25.6 Å². The molecule has 5 rings (SSSR count). The quantitative estimate of drug-likeness (QED) is 0.297. The molecule has 190 valence electrons. The second kappa shape index (κ2) is 9.72. The molecule has 0 saturated heterocycles. The molecule has 1 aliphatic heterocycles. The summed E-state index contributed by atoms with van der Waals surface area (Å²) in [7, 11) is 0. The number of para-hydroxylation sites is 1. The number of anilines is 2. The summed E-state index contributed by atoms with van der Waals surface area (Å²) in [4.78, 5) is 15.1. The average Bonchev–Trinajstić information content (AvgIpc) is 3.49. The van der Waals surface area contributed by atoms with E-state index in [1.165, 1.54) is 28.6 Å². The van der Waals surface area contributed by atoms with Gasteiger partial charge in [-0.05, 0) is 52.5 Å². The van der Waals surface area contributed by atoms with E-state index < -0.39 is 17.6 Å². The van der Waals surface area contributed by atoms with Gasteiger partial charge in [0.15, 0.2) is 5.69 Å². The number of halogens is 3. The van der Waals surface area contributed by atoms with Crippen LogP contribution in [0.25, 0.3) is 5.82 Å². The fraction of sp³-hybridized carbons (Fsp3) is 0.217. The molecule has 0 radical (unpaired) electrons. The first-order valence-electron chi connectivity index (χ1n) is 11.2. The predicted octanol–water partition coefficient (Wildman–Crippen LogP) is 2.97. The van der Waals surface area contributed by atoms with E-state index in [0.29, 0.717) is 11.3 Å². The van der Waals surface area contributed by atoms with Gasteiger partial charge in [-0.3, -0.25) is 4.79 Å². The van der Waals surface area contributed by atoms with Crippen LogP contribution in [-0.4, -0.2) is 44.0 Å². The second-order valence-electron chi connectivity index (χ2n) is 8.24. The Morgan fingerprint density at radius 2 is 1.95 bits per heavy atom. The molecule has 1 amide bonds. The van der Waals surface area contributed by atoms with Crippen molar-refractivity contribution >= 4 is 23.6 Å². The molecule has 1 aliphatic rings. The van der Waals surface area contributed by atoms with E-state index >= 15 is 0 Å². The molecule has 14 heteroatoms. The molecule has 0 spiro atoms. The van der Waals surface area contributed by atoms with Gasteiger partial charge in [-0.15, -0.1) is 5.10 Å². The van der Waals surface area contributed by atoms with Crippen molar-refractivity contribution in [1.29, 1.82) is 0 Å². The van der Waals surface area contributed by atoms with E-state index in [0.717, 1.165) is 37.2 Å². The van der Waals surface area contributed by atoms with Crippen molar-refractivity contribution in [1.82, 2.24) is 30.7 Å². The van der Waals surface area contributed by atoms with E-state index in [-0.39, 0.29) is 23.9 Å². The molecule has 4 aromatic rings. The van der Waals surface area contributed by atoms with Crippen LogP contribution in [0, 0.1) is 0 Å². The number of carbonyl (C=O) groups is 1. The summed E-state index contributed by atoms with van der Waals surface area (Å²) in [6, 6.07) is 12.3. The largest absolute Gasteiger partial charge is 0.416 e. The van der Waals surface area contributed by atoms with Gasteiger partial charge in [0.25, 0.3) is 5.91 Å². The Kier molecular flexibility index (Phi) is 6.29. The summed E-state index contributed by atoms with van der Waals surface area (Å²) < 4.78 is 44.2. The molecule has 0 saturated carbocycles. The van der Waals surface area contributed by atoms with E-state index in [9.17, 15) is 18.0 Å². The molecule has 0 bridgehead atoms. The molecule has 2 aromatic heterocycles. The van der Waals surface area contributed by atoms with Crippen LogP contribution in [0.15, 0.2) is 58.3 Å². The minimum atomic E-state index is -4.44. The number of hydrazone groups is 1. The highest BCUT2D eigenvalue weighted by Crippen LogP contribution is 2.30. The Labute approximate surface area is 207 Å². The van der Waals surface area contributed by atoms with E-state index in [4.69, 9.17) is 10.4 Å². The van der Waals surface area contributed by atoms with Gasteiger partial charge >= 0.3 is 6.18 Å². The van der Waals surface area contributed by atoms with Crippen LogP contribution in [-0.2, 0) is 19.1 Å². The number of carbonyl (C=O) groups excluding carboxylic acids is 1. The summed E-state index contributed by atoms with van der Waals surface area (Å²) in [6.07, 6.45) is -1.35. The molecule has 0 atom stereocenters. The number of aryl methyl sites for hydroxylation is 1. The molecule has 0 fully saturated rings. The lowest BCUT2D eigenvalue weighted by Crippen LogP contribution is -2.31. The van der Waals surface area contributed by atoms with Gasteiger partial charge in [0.1, 0.15) is 0 Å². The van der Waals surface area contributed by atoms with Crippen LogP contribution in [0.1, 0.15) is 39.3 Å². The molecule has 37 heavy (non-hydrogen) atoms. The topological polar surface area (TPSA) is 140 Å². The standard InChI is InChI=1S/C23H20F3N9O2/c24-23(25,26)16-9-7-14(8-10-16)12-28-30-22(36)19-18(35(33-29-19)21-20(27)31-37-32-21)13-34-11-3-5-15-4-1-2-6-17(15)34/h1-2,4,6-10,12H,3,5,11,13H2,(H2,27,31)(H,30,36). The summed E-state index contributed by atoms with van der Waals surface area (Å²) in [5.41, 5.74) is 10.3. The summed E-state index contributed by atoms with van der Waals surface area (Å²) in [5, 5.41) is 19.2. The number of nitrogen functional groups attached to an aromatic ring is 1. The van der Waals surface area contributed by atoms with Crippen molar-refractivity contribution < 1.29 is 22.6 Å². The van der Waals surface area contributed by atoms with Gasteiger partial charge in [0, 0.05) is 12.2 Å². The van der Waals surface area contributed by atoms with Crippen molar-refractivity contribution in [3.8, 4) is 5.82 Å². The van der Waals surface area contributed by atoms with Crippen LogP contribution in [0.2, 0.25) is 0 Å². The molecule has 0 aliphatic carbocycles. The third-order valence-electron chi connectivity index (χ3n) is 5.84. The number of alkyl halides is 3. The summed E-state index contributed by atoms with van der Waals surface area (Å²) in [5.74, 6) is -0.623. The fourth-order valence-corrected chi connectivity index (χ4v) is 4.06. The van der Waals surface area contributed by atoms with Gasteiger partial charge in [0.2, 0.25) is 11.6 Å². The number of fused-ring (bicyclic) bond motifs is 1. The smallest absolute Gasteiger partial charge is 0.378 e. The number of nitrogens with one attached hydrogen (secondary N) is 1. The van der Waals surface area contributed by atoms with Gasteiger partial charge in [-0.2, -0.15) is 23.0 Å². The number of benzene rings is 2. The van der Waals surface area contributed by atoms with E-state index in [2.05, 4.69) is 42.1 Å². The van der Waals surface area contributed by atoms with Crippen LogP contribution >= 0.6 is 0 Å². The number of hydrogen-bond donors (Lipinski definition) is 2. The zero-order valence-corrected chi connectivity index (χ0v) is 19.2. The van der Waals surface area contributed by atoms with Crippen LogP contribution in [0.5, 0.6) is 0 Å². The lowest BCUT2D eigenvalue weighted by Gasteiger charge is -2.31. The maximum atomic E-state index is 13.0. The van der Waals surface area contributed by atoms with Crippen LogP contribution < -0.4 is 16.1 Å². The zero-order valence-electron chi connectivity index (χ0n) is 19.2. The number of nitrogens with two attached hydrogens (primary N) is 1. The molecular weight excluding hydrogens is 491 g/mol. The van der Waals surface area contributed by atoms with Gasteiger partial charge in [-0.25, -0.2) is 10.1 Å². The first kappa shape index (κ1) is 24.0. The maximum absolute atomic E-state index is 13.0. The van der Waals surface area contributed by atoms with Crippen LogP contribution in [0.4, 0.5) is 24.7 Å². The lowest BCUT2D eigenvalue weighted by atomic mass is 10.0. The predicted molar refractivity (Wildman–Crippen MR) is 126 cm³/mol. The average molecular weight is 511 g/mol. The monoisotopic (exact) mass is 511 g/mol. The van der Waals surface area contributed by atoms with E-state index in [1.807, 2.05) is 18.2 Å². The van der Waals surface area contributed by atoms with Crippen molar-refractivity contribution in [2.75, 3.05) is 17.2 Å². The van der Waals surface area contributed by atoms with Gasteiger partial charge in [0.05, 0.1) is 24.0 Å². The van der Waals surface area contributed by atoms with E-state index in [1.54, 1.807) is 0 Å². The van der Waals surface area contributed by atoms with Crippen LogP contribution in [0.3, 0.4) is 0 Å². The highest BCUT2D eigenvalue weighted by Gasteiger charge is 2.30. The minimum Gasteiger partial charge on any atom is -0.378 e. The lowest BCUT2D eigenvalue weighted by molar-refractivity contribution is -0.137. The first-order valence-corrected chi connectivity index (χ1v) is 11.2. The minimum absolute atomic E-state index is 0.0301. The number of nitrogens with zero attached hydrogens (tertiary/aromatic N) is 7. The Morgan fingerprint density at radius 1 is 1.16 bits per heavy atom. The summed E-state index contributed by atoms with van der Waals surface area (Å²) >= 11 is 0. The Hall–Kier alpha value is -4.75. The Bertz CT molecular complexity index is 1440. The second-order valence-corrected chi connectivity index (χ2v) is 8.24. The maximum Gasteiger partial charge on any atom is 0.416 e. The van der Waals surface area contributed by atoms with Gasteiger partial charge < -0.3 is 10.6 Å². The Balaban J connectivity index is 1.40. The first-order chi connectivity index (χ1) is 17.8. The Morgan fingerprint density at radius 3 is 2.68 bits per heavy atom. The zero-order chi connectivity index (χ0) is 26.0. The fourth-order valence-electron chi connectivity index (χ4n) is 4.06. The molecule has 3 N–H and O–H groups in total. The molecule has 0 unspecified atom stereocenters. The molecule has 11 nitrogen and oxygen atoms in total. The molecule has 2 aromatic carbocycles. The molecule has 3 heterocycles. The highest BCUT2D eigenvalue weighted by atomic mass is 19.4. The number of hydrogen-bond acceptors (Lipinski definition) is 9. The van der Waals surface area contributed by atoms with Crippen molar-refractivity contribution in [3.05, 3.63) is 76.6 Å². The SMILES string of the molecule is Nc1nonc1-n1nnc(C(=O)NN=Cc2ccc(C(F)(F)F)cc2)c1CN1CCCc2ccccc21. The van der Waals surface area contributed by atoms with Gasteiger partial charge in [-0.1, -0.05) is 35.5 Å².